The van der Waals surface area contributed by atoms with Crippen molar-refractivity contribution < 1.29 is 14.3 Å². The van der Waals surface area contributed by atoms with Crippen LogP contribution in [0.25, 0.3) is 6.08 Å². The van der Waals surface area contributed by atoms with Crippen LogP contribution < -0.4 is 4.74 Å². The molecule has 30 heavy (non-hydrogen) atoms. The normalized spacial score (nSPS) is 11.0. The highest BCUT2D eigenvalue weighted by Gasteiger charge is 2.05. The summed E-state index contributed by atoms with van der Waals surface area (Å²) < 4.78 is 5.41. The number of unbranched alkanes of at least 4 members (excludes halogenated alkanes) is 8. The molecule has 0 aliphatic rings. The van der Waals surface area contributed by atoms with Crippen LogP contribution in [0.2, 0.25) is 0 Å². The van der Waals surface area contributed by atoms with Gasteiger partial charge in [-0.05, 0) is 30.2 Å². The first-order chi connectivity index (χ1) is 14.7. The molecule has 0 saturated carbocycles. The first kappa shape index (κ1) is 23.6. The van der Waals surface area contributed by atoms with Crippen molar-refractivity contribution in [2.24, 2.45) is 0 Å². The minimum atomic E-state index is -0.180. The van der Waals surface area contributed by atoms with E-state index in [0.717, 1.165) is 18.4 Å². The topological polar surface area (TPSA) is 43.4 Å². The zero-order chi connectivity index (χ0) is 21.4. The number of carbonyl (C=O) groups is 2. The Bertz CT molecular complexity index is 776. The Hall–Kier alpha value is -2.68. The van der Waals surface area contributed by atoms with Crippen molar-refractivity contribution in [3.05, 3.63) is 71.8 Å². The SMILES string of the molecule is CCCCCCCCCCCC(=O)Oc1ccc(/C=C/C(=O)c2ccccc2)cc1. The van der Waals surface area contributed by atoms with E-state index < -0.39 is 0 Å². The number of allylic oxidation sites excluding steroid dienone is 1. The van der Waals surface area contributed by atoms with Gasteiger partial charge in [0.25, 0.3) is 0 Å². The molecular formula is C27H34O3. The van der Waals surface area contributed by atoms with Crippen molar-refractivity contribution in [1.29, 1.82) is 0 Å². The van der Waals surface area contributed by atoms with Crippen molar-refractivity contribution in [2.75, 3.05) is 0 Å². The molecule has 0 N–H and O–H groups in total. The Morgan fingerprint density at radius 1 is 0.767 bits per heavy atom. The van der Waals surface area contributed by atoms with Crippen LogP contribution in [0.1, 0.15) is 87.1 Å². The summed E-state index contributed by atoms with van der Waals surface area (Å²) in [6.07, 6.45) is 14.8. The van der Waals surface area contributed by atoms with Gasteiger partial charge < -0.3 is 4.74 Å². The van der Waals surface area contributed by atoms with E-state index in [1.165, 1.54) is 44.9 Å². The van der Waals surface area contributed by atoms with Crippen LogP contribution in [-0.2, 0) is 4.79 Å². The molecule has 2 aromatic carbocycles. The minimum Gasteiger partial charge on any atom is -0.427 e. The molecule has 3 heteroatoms. The molecule has 0 bridgehead atoms. The molecular weight excluding hydrogens is 372 g/mol. The van der Waals surface area contributed by atoms with Crippen molar-refractivity contribution in [3.8, 4) is 5.75 Å². The van der Waals surface area contributed by atoms with Gasteiger partial charge >= 0.3 is 5.97 Å². The molecule has 0 heterocycles. The van der Waals surface area contributed by atoms with Crippen molar-refractivity contribution in [3.63, 3.8) is 0 Å². The predicted molar refractivity (Wildman–Crippen MR) is 124 cm³/mol. The highest BCUT2D eigenvalue weighted by molar-refractivity contribution is 6.06. The summed E-state index contributed by atoms with van der Waals surface area (Å²) in [6.45, 7) is 2.24. The number of ether oxygens (including phenoxy) is 1. The van der Waals surface area contributed by atoms with Gasteiger partial charge in [0.2, 0.25) is 0 Å². The van der Waals surface area contributed by atoms with Gasteiger partial charge in [-0.3, -0.25) is 9.59 Å². The largest absolute Gasteiger partial charge is 0.427 e. The molecule has 2 aromatic rings. The molecule has 0 amide bonds. The number of carbonyl (C=O) groups excluding carboxylic acids is 2. The molecule has 0 saturated heterocycles. The van der Waals surface area contributed by atoms with Crippen molar-refractivity contribution in [2.45, 2.75) is 71.1 Å². The van der Waals surface area contributed by atoms with Crippen LogP contribution in [0.15, 0.2) is 60.7 Å². The molecule has 0 spiro atoms. The van der Waals surface area contributed by atoms with Gasteiger partial charge in [0, 0.05) is 12.0 Å². The fourth-order valence-corrected chi connectivity index (χ4v) is 3.28. The zero-order valence-electron chi connectivity index (χ0n) is 18.1. The van der Waals surface area contributed by atoms with Gasteiger partial charge in [0.15, 0.2) is 5.78 Å². The third kappa shape index (κ3) is 9.69. The summed E-state index contributed by atoms with van der Waals surface area (Å²) in [7, 11) is 0. The lowest BCUT2D eigenvalue weighted by Gasteiger charge is -2.05. The average Bonchev–Trinajstić information content (AvgIpc) is 2.78. The maximum Gasteiger partial charge on any atom is 0.311 e. The maximum atomic E-state index is 12.1. The smallest absolute Gasteiger partial charge is 0.311 e. The van der Waals surface area contributed by atoms with Gasteiger partial charge in [-0.25, -0.2) is 0 Å². The molecule has 0 aromatic heterocycles. The second kappa shape index (κ2) is 14.3. The lowest BCUT2D eigenvalue weighted by atomic mass is 10.1. The van der Waals surface area contributed by atoms with Gasteiger partial charge in [-0.1, -0.05) is 107 Å². The quantitative estimate of drug-likeness (QED) is 0.108. The fraction of sp³-hybridized carbons (Fsp3) is 0.407. The third-order valence-electron chi connectivity index (χ3n) is 5.08. The summed E-state index contributed by atoms with van der Waals surface area (Å²) in [5.41, 5.74) is 1.55. The molecule has 0 aliphatic heterocycles. The van der Waals surface area contributed by atoms with Gasteiger partial charge in [0.1, 0.15) is 5.75 Å². The van der Waals surface area contributed by atoms with Crippen LogP contribution in [0, 0.1) is 0 Å². The molecule has 0 unspecified atom stereocenters. The van der Waals surface area contributed by atoms with E-state index in [0.29, 0.717) is 17.7 Å². The number of hydrogen-bond acceptors (Lipinski definition) is 3. The Kier molecular flexibility index (Phi) is 11.3. The lowest BCUT2D eigenvalue weighted by Crippen LogP contribution is -2.07. The number of hydrogen-bond donors (Lipinski definition) is 0. The molecule has 0 atom stereocenters. The van der Waals surface area contributed by atoms with E-state index in [4.69, 9.17) is 4.74 Å². The summed E-state index contributed by atoms with van der Waals surface area (Å²) >= 11 is 0. The van der Waals surface area contributed by atoms with Crippen LogP contribution in [0.5, 0.6) is 5.75 Å². The van der Waals surface area contributed by atoms with E-state index in [1.807, 2.05) is 30.3 Å². The molecule has 3 nitrogen and oxygen atoms in total. The zero-order valence-corrected chi connectivity index (χ0v) is 18.1. The van der Waals surface area contributed by atoms with Gasteiger partial charge in [-0.15, -0.1) is 0 Å². The molecule has 0 fully saturated rings. The van der Waals surface area contributed by atoms with Crippen molar-refractivity contribution >= 4 is 17.8 Å². The van der Waals surface area contributed by atoms with Gasteiger partial charge in [0.05, 0.1) is 0 Å². The van der Waals surface area contributed by atoms with E-state index in [1.54, 1.807) is 36.4 Å². The standard InChI is InChI=1S/C27H34O3/c1-2-3-4-5-6-7-8-9-13-16-27(29)30-25-20-17-23(18-21-25)19-22-26(28)24-14-11-10-12-15-24/h10-12,14-15,17-22H,2-9,13,16H2,1H3/b22-19+. The number of benzene rings is 2. The van der Waals surface area contributed by atoms with Gasteiger partial charge in [-0.2, -0.15) is 0 Å². The second-order valence-electron chi connectivity index (χ2n) is 7.69. The van der Waals surface area contributed by atoms with Crippen LogP contribution >= 0.6 is 0 Å². The average molecular weight is 407 g/mol. The molecule has 0 radical (unpaired) electrons. The van der Waals surface area contributed by atoms with Crippen LogP contribution in [0.4, 0.5) is 0 Å². The molecule has 160 valence electrons. The number of rotatable bonds is 14. The monoisotopic (exact) mass is 406 g/mol. The minimum absolute atomic E-state index is 0.0351. The van der Waals surface area contributed by atoms with E-state index in [2.05, 4.69) is 6.92 Å². The summed E-state index contributed by atoms with van der Waals surface area (Å²) in [6, 6.07) is 16.4. The Labute approximate surface area is 181 Å². The fourth-order valence-electron chi connectivity index (χ4n) is 3.28. The van der Waals surface area contributed by atoms with Crippen LogP contribution in [0.3, 0.4) is 0 Å². The summed E-state index contributed by atoms with van der Waals surface area (Å²) in [5.74, 6) is 0.329. The summed E-state index contributed by atoms with van der Waals surface area (Å²) in [4.78, 5) is 24.1. The maximum absolute atomic E-state index is 12.1. The molecule has 2 rings (SSSR count). The lowest BCUT2D eigenvalue weighted by molar-refractivity contribution is -0.134. The summed E-state index contributed by atoms with van der Waals surface area (Å²) in [5, 5.41) is 0. The van der Waals surface area contributed by atoms with E-state index in [9.17, 15) is 9.59 Å². The van der Waals surface area contributed by atoms with E-state index in [-0.39, 0.29) is 11.8 Å². The van der Waals surface area contributed by atoms with Crippen LogP contribution in [-0.4, -0.2) is 11.8 Å². The Balaban J connectivity index is 1.63. The predicted octanol–water partition coefficient (Wildman–Crippen LogP) is 7.41. The second-order valence-corrected chi connectivity index (χ2v) is 7.69. The number of ketones is 1. The number of esters is 1. The Morgan fingerprint density at radius 2 is 1.37 bits per heavy atom. The highest BCUT2D eigenvalue weighted by atomic mass is 16.5. The first-order valence-corrected chi connectivity index (χ1v) is 11.3. The molecule has 0 aliphatic carbocycles. The highest BCUT2D eigenvalue weighted by Crippen LogP contribution is 2.16. The third-order valence-corrected chi connectivity index (χ3v) is 5.08. The Morgan fingerprint density at radius 3 is 2.00 bits per heavy atom. The van der Waals surface area contributed by atoms with E-state index >= 15 is 0 Å². The first-order valence-electron chi connectivity index (χ1n) is 11.3. The van der Waals surface area contributed by atoms with Crippen molar-refractivity contribution in [1.82, 2.24) is 0 Å².